The average Bonchev–Trinajstić information content (AvgIpc) is 3.11. The number of nitriles is 1. The van der Waals surface area contributed by atoms with Crippen LogP contribution in [0.2, 0.25) is 5.02 Å². The van der Waals surface area contributed by atoms with Crippen LogP contribution in [0.3, 0.4) is 0 Å². The number of aryl methyl sites for hydroxylation is 2. The van der Waals surface area contributed by atoms with Gasteiger partial charge < -0.3 is 9.64 Å². The fourth-order valence-corrected chi connectivity index (χ4v) is 3.60. The van der Waals surface area contributed by atoms with E-state index in [2.05, 4.69) is 22.4 Å². The highest BCUT2D eigenvalue weighted by Crippen LogP contribution is 2.40. The molecule has 148 valence electrons. The first-order valence-electron chi connectivity index (χ1n) is 9.12. The Balaban J connectivity index is 1.93. The summed E-state index contributed by atoms with van der Waals surface area (Å²) < 4.78 is 10.5. The topological polar surface area (TPSA) is 61.5 Å². The Morgan fingerprint density at radius 2 is 2.03 bits per heavy atom. The third kappa shape index (κ3) is 4.58. The van der Waals surface area contributed by atoms with Gasteiger partial charge in [-0.1, -0.05) is 29.8 Å². The van der Waals surface area contributed by atoms with E-state index in [1.54, 1.807) is 6.07 Å². The van der Waals surface area contributed by atoms with Crippen molar-refractivity contribution in [1.82, 2.24) is 9.27 Å². The fourth-order valence-electron chi connectivity index (χ4n) is 2.65. The summed E-state index contributed by atoms with van der Waals surface area (Å²) in [6, 6.07) is 13.5. The first kappa shape index (κ1) is 20.8. The lowest BCUT2D eigenvalue weighted by Crippen LogP contribution is -2.14. The van der Waals surface area contributed by atoms with Gasteiger partial charge in [-0.3, -0.25) is 0 Å². The molecule has 0 fully saturated rings. The van der Waals surface area contributed by atoms with E-state index in [0.717, 1.165) is 40.5 Å². The minimum Gasteiger partial charge on any atom is -0.443 e. The van der Waals surface area contributed by atoms with Crippen molar-refractivity contribution in [3.8, 4) is 28.1 Å². The lowest BCUT2D eigenvalue weighted by atomic mass is 10.1. The fraction of sp³-hybridized carbons (Fsp3) is 0.227. The number of halogens is 1. The van der Waals surface area contributed by atoms with Crippen LogP contribution in [0.25, 0.3) is 11.3 Å². The minimum atomic E-state index is 0.381. The summed E-state index contributed by atoms with van der Waals surface area (Å²) >= 11 is 7.43. The number of nitrogens with zero attached hydrogens (tertiary/aromatic N) is 4. The van der Waals surface area contributed by atoms with Crippen molar-refractivity contribution >= 4 is 35.2 Å². The van der Waals surface area contributed by atoms with Gasteiger partial charge in [-0.25, -0.2) is 4.99 Å². The van der Waals surface area contributed by atoms with Crippen molar-refractivity contribution in [3.63, 3.8) is 0 Å². The number of benzene rings is 2. The zero-order valence-corrected chi connectivity index (χ0v) is 18.3. The number of rotatable bonds is 6. The summed E-state index contributed by atoms with van der Waals surface area (Å²) in [5.41, 5.74) is 4.44. The average molecular weight is 425 g/mol. The van der Waals surface area contributed by atoms with Crippen molar-refractivity contribution in [1.29, 1.82) is 5.26 Å². The second kappa shape index (κ2) is 9.08. The Morgan fingerprint density at radius 1 is 1.28 bits per heavy atom. The van der Waals surface area contributed by atoms with E-state index < -0.39 is 0 Å². The summed E-state index contributed by atoms with van der Waals surface area (Å²) in [4.78, 5) is 6.55. The summed E-state index contributed by atoms with van der Waals surface area (Å²) in [7, 11) is 1.98. The van der Waals surface area contributed by atoms with E-state index >= 15 is 0 Å². The van der Waals surface area contributed by atoms with Gasteiger partial charge in [-0.05, 0) is 50.1 Å². The molecule has 1 aromatic heterocycles. The highest BCUT2D eigenvalue weighted by Gasteiger charge is 2.20. The lowest BCUT2D eigenvalue weighted by Gasteiger charge is -2.12. The minimum absolute atomic E-state index is 0.381. The molecule has 0 atom stereocenters. The third-order valence-electron chi connectivity index (χ3n) is 4.49. The van der Waals surface area contributed by atoms with Gasteiger partial charge in [-0.15, -0.1) is 0 Å². The number of hydrogen-bond donors (Lipinski definition) is 0. The largest absolute Gasteiger partial charge is 0.443 e. The van der Waals surface area contributed by atoms with Crippen LogP contribution < -0.4 is 4.74 Å². The van der Waals surface area contributed by atoms with Gasteiger partial charge in [0, 0.05) is 30.7 Å². The standard InChI is InChI=1S/C22H21ClN4OS/c1-5-27(4)13-25-19-10-15(3)20(11-14(19)2)28-22-17(12-24)21(26-29-22)16-8-6-7-9-18(16)23/h6-11,13H,5H2,1-4H3. The second-order valence-electron chi connectivity index (χ2n) is 6.61. The van der Waals surface area contributed by atoms with Crippen LogP contribution in [0.5, 0.6) is 10.8 Å². The Bertz CT molecular complexity index is 1100. The summed E-state index contributed by atoms with van der Waals surface area (Å²) in [6.07, 6.45) is 1.81. The summed E-state index contributed by atoms with van der Waals surface area (Å²) in [5.74, 6) is 0.677. The highest BCUT2D eigenvalue weighted by atomic mass is 35.5. The number of aliphatic imine (C=N–C) groups is 1. The maximum Gasteiger partial charge on any atom is 0.218 e. The molecule has 3 rings (SSSR count). The first-order chi connectivity index (χ1) is 13.9. The van der Waals surface area contributed by atoms with Gasteiger partial charge >= 0.3 is 0 Å². The van der Waals surface area contributed by atoms with E-state index in [1.807, 2.05) is 62.5 Å². The molecule has 0 bridgehead atoms. The van der Waals surface area contributed by atoms with Crippen LogP contribution in [0.4, 0.5) is 5.69 Å². The zero-order chi connectivity index (χ0) is 21.0. The van der Waals surface area contributed by atoms with Crippen molar-refractivity contribution in [2.24, 2.45) is 4.99 Å². The molecular formula is C22H21ClN4OS. The van der Waals surface area contributed by atoms with Crippen LogP contribution >= 0.6 is 23.1 Å². The van der Waals surface area contributed by atoms with E-state index in [1.165, 1.54) is 0 Å². The van der Waals surface area contributed by atoms with Gasteiger partial charge in [0.05, 0.1) is 17.0 Å². The Labute approximate surface area is 180 Å². The molecule has 0 spiro atoms. The van der Waals surface area contributed by atoms with Crippen LogP contribution in [-0.2, 0) is 0 Å². The quantitative estimate of drug-likeness (QED) is 0.341. The van der Waals surface area contributed by atoms with E-state index in [9.17, 15) is 5.26 Å². The predicted octanol–water partition coefficient (Wildman–Crippen LogP) is 6.36. The molecule has 5 nitrogen and oxygen atoms in total. The Kier molecular flexibility index (Phi) is 6.53. The SMILES string of the molecule is CCN(C)C=Nc1cc(C)c(Oc2snc(-c3ccccc3Cl)c2C#N)cc1C. The normalized spacial score (nSPS) is 10.9. The third-order valence-corrected chi connectivity index (χ3v) is 5.55. The zero-order valence-electron chi connectivity index (χ0n) is 16.7. The van der Waals surface area contributed by atoms with Crippen molar-refractivity contribution in [3.05, 3.63) is 58.1 Å². The Hall–Kier alpha value is -2.88. The predicted molar refractivity (Wildman–Crippen MR) is 120 cm³/mol. The van der Waals surface area contributed by atoms with Crippen LogP contribution in [0, 0.1) is 25.2 Å². The molecule has 0 saturated heterocycles. The van der Waals surface area contributed by atoms with E-state index in [0.29, 0.717) is 27.1 Å². The van der Waals surface area contributed by atoms with Gasteiger partial charge in [0.15, 0.2) is 0 Å². The molecule has 0 amide bonds. The molecular weight excluding hydrogens is 404 g/mol. The maximum absolute atomic E-state index is 9.70. The maximum atomic E-state index is 9.70. The van der Waals surface area contributed by atoms with Gasteiger partial charge in [0.25, 0.3) is 0 Å². The van der Waals surface area contributed by atoms with Gasteiger partial charge in [0.2, 0.25) is 5.06 Å². The molecule has 0 aliphatic rings. The number of aromatic nitrogens is 1. The molecule has 1 heterocycles. The van der Waals surface area contributed by atoms with Crippen molar-refractivity contribution in [2.45, 2.75) is 20.8 Å². The van der Waals surface area contributed by atoms with Crippen LogP contribution in [-0.4, -0.2) is 29.2 Å². The molecule has 3 aromatic rings. The second-order valence-corrected chi connectivity index (χ2v) is 7.75. The molecule has 2 aromatic carbocycles. The summed E-state index contributed by atoms with van der Waals surface area (Å²) in [6.45, 7) is 6.90. The molecule has 7 heteroatoms. The number of hydrogen-bond acceptors (Lipinski definition) is 5. The molecule has 0 N–H and O–H groups in total. The molecule has 0 radical (unpaired) electrons. The van der Waals surface area contributed by atoms with Gasteiger partial charge in [0.1, 0.15) is 23.1 Å². The summed E-state index contributed by atoms with van der Waals surface area (Å²) in [5, 5.41) is 10.7. The number of ether oxygens (including phenoxy) is 1. The molecule has 0 unspecified atom stereocenters. The lowest BCUT2D eigenvalue weighted by molar-refractivity contribution is 0.491. The molecule has 0 aliphatic heterocycles. The van der Waals surface area contributed by atoms with Crippen LogP contribution in [0.1, 0.15) is 23.6 Å². The molecule has 0 saturated carbocycles. The van der Waals surface area contributed by atoms with E-state index in [4.69, 9.17) is 16.3 Å². The van der Waals surface area contributed by atoms with Gasteiger partial charge in [-0.2, -0.15) is 9.64 Å². The monoisotopic (exact) mass is 424 g/mol. The van der Waals surface area contributed by atoms with Crippen molar-refractivity contribution in [2.75, 3.05) is 13.6 Å². The van der Waals surface area contributed by atoms with Crippen molar-refractivity contribution < 1.29 is 4.74 Å². The highest BCUT2D eigenvalue weighted by molar-refractivity contribution is 7.08. The molecule has 0 aliphatic carbocycles. The Morgan fingerprint density at radius 3 is 2.72 bits per heavy atom. The smallest absolute Gasteiger partial charge is 0.218 e. The molecule has 29 heavy (non-hydrogen) atoms. The van der Waals surface area contributed by atoms with E-state index in [-0.39, 0.29) is 0 Å². The van der Waals surface area contributed by atoms with Crippen LogP contribution in [0.15, 0.2) is 41.4 Å². The first-order valence-corrected chi connectivity index (χ1v) is 10.3.